The average molecular weight is 312 g/mol. The van der Waals surface area contributed by atoms with E-state index >= 15 is 0 Å². The molecule has 1 rings (SSSR count). The Kier molecular flexibility index (Phi) is 4.33. The molecule has 0 amide bonds. The first-order valence-corrected chi connectivity index (χ1v) is 6.60. The maximum Gasteiger partial charge on any atom is 0.534 e. The number of carbonyl (C=O) groups is 1. The van der Waals surface area contributed by atoms with Gasteiger partial charge in [-0.15, -0.1) is 0 Å². The minimum atomic E-state index is -5.86. The molecule has 1 aromatic rings. The minimum absolute atomic E-state index is 0.240. The van der Waals surface area contributed by atoms with Crippen molar-refractivity contribution in [1.82, 2.24) is 0 Å². The summed E-state index contributed by atoms with van der Waals surface area (Å²) in [5.74, 6) is -1.71. The highest BCUT2D eigenvalue weighted by atomic mass is 32.2. The van der Waals surface area contributed by atoms with Crippen LogP contribution in [0.25, 0.3) is 0 Å². The third kappa shape index (κ3) is 3.21. The van der Waals surface area contributed by atoms with E-state index in [1.165, 1.54) is 19.9 Å². The standard InChI is InChI=1S/C11H11F3O5S/c1-6-4-7(2)9(10(15)18-3)8(5-6)19-20(16,17)11(12,13)14/h4-5H,1-3H3. The maximum absolute atomic E-state index is 12.3. The van der Waals surface area contributed by atoms with E-state index in [2.05, 4.69) is 8.92 Å². The third-order valence-corrected chi connectivity index (χ3v) is 3.28. The molecule has 5 nitrogen and oxygen atoms in total. The fourth-order valence-electron chi connectivity index (χ4n) is 1.52. The highest BCUT2D eigenvalue weighted by Gasteiger charge is 2.49. The van der Waals surface area contributed by atoms with Gasteiger partial charge in [-0.1, -0.05) is 6.07 Å². The lowest BCUT2D eigenvalue weighted by Gasteiger charge is -2.14. The predicted molar refractivity (Wildman–Crippen MR) is 62.9 cm³/mol. The van der Waals surface area contributed by atoms with Crippen molar-refractivity contribution in [3.8, 4) is 5.75 Å². The number of benzene rings is 1. The Balaban J connectivity index is 3.42. The summed E-state index contributed by atoms with van der Waals surface area (Å²) in [5.41, 5.74) is -5.28. The fourth-order valence-corrected chi connectivity index (χ4v) is 1.99. The van der Waals surface area contributed by atoms with Gasteiger partial charge in [0.1, 0.15) is 5.56 Å². The molecule has 0 aliphatic carbocycles. The van der Waals surface area contributed by atoms with Crippen molar-refractivity contribution >= 4 is 16.1 Å². The fraction of sp³-hybridized carbons (Fsp3) is 0.364. The van der Waals surface area contributed by atoms with Crippen molar-refractivity contribution < 1.29 is 35.3 Å². The molecule has 0 saturated heterocycles. The second-order valence-corrected chi connectivity index (χ2v) is 5.47. The van der Waals surface area contributed by atoms with Crippen LogP contribution in [0.3, 0.4) is 0 Å². The van der Waals surface area contributed by atoms with Crippen LogP contribution in [0.4, 0.5) is 13.2 Å². The molecule has 0 aliphatic heterocycles. The smallest absolute Gasteiger partial charge is 0.465 e. The molecular formula is C11H11F3O5S. The topological polar surface area (TPSA) is 69.7 Å². The van der Waals surface area contributed by atoms with E-state index in [9.17, 15) is 26.4 Å². The second kappa shape index (κ2) is 5.31. The number of hydrogen-bond acceptors (Lipinski definition) is 5. The van der Waals surface area contributed by atoms with Crippen LogP contribution in [0, 0.1) is 13.8 Å². The Bertz CT molecular complexity index is 634. The number of halogens is 3. The second-order valence-electron chi connectivity index (χ2n) is 3.93. The summed E-state index contributed by atoms with van der Waals surface area (Å²) in [4.78, 5) is 11.5. The Labute approximate surface area is 113 Å². The van der Waals surface area contributed by atoms with Gasteiger partial charge in [-0.05, 0) is 31.0 Å². The summed E-state index contributed by atoms with van der Waals surface area (Å²) in [6.07, 6.45) is 0. The van der Waals surface area contributed by atoms with Crippen molar-refractivity contribution in [3.05, 3.63) is 28.8 Å². The molecule has 0 N–H and O–H groups in total. The van der Waals surface area contributed by atoms with Crippen LogP contribution in [-0.4, -0.2) is 27.0 Å². The van der Waals surface area contributed by atoms with E-state index < -0.39 is 27.3 Å². The highest BCUT2D eigenvalue weighted by Crippen LogP contribution is 2.31. The molecule has 112 valence electrons. The van der Waals surface area contributed by atoms with Crippen molar-refractivity contribution in [1.29, 1.82) is 0 Å². The summed E-state index contributed by atoms with van der Waals surface area (Å²) in [6.45, 7) is 2.94. The normalized spacial score (nSPS) is 12.1. The SMILES string of the molecule is COC(=O)c1c(C)cc(C)cc1OS(=O)(=O)C(F)(F)F. The first-order valence-electron chi connectivity index (χ1n) is 5.20. The molecular weight excluding hydrogens is 301 g/mol. The van der Waals surface area contributed by atoms with Gasteiger partial charge in [0.2, 0.25) is 0 Å². The summed E-state index contributed by atoms with van der Waals surface area (Å²) in [6, 6.07) is 2.50. The molecule has 0 aliphatic rings. The van der Waals surface area contributed by atoms with E-state index in [0.717, 1.165) is 13.2 Å². The molecule has 0 heterocycles. The van der Waals surface area contributed by atoms with Crippen LogP contribution in [0.2, 0.25) is 0 Å². The van der Waals surface area contributed by atoms with Crippen molar-refractivity contribution in [2.24, 2.45) is 0 Å². The van der Waals surface area contributed by atoms with Crippen molar-refractivity contribution in [3.63, 3.8) is 0 Å². The Hall–Kier alpha value is -1.77. The number of esters is 1. The van der Waals surface area contributed by atoms with Crippen molar-refractivity contribution in [2.75, 3.05) is 7.11 Å². The van der Waals surface area contributed by atoms with Crippen LogP contribution in [0.15, 0.2) is 12.1 Å². The number of hydrogen-bond donors (Lipinski definition) is 0. The number of ether oxygens (including phenoxy) is 1. The quantitative estimate of drug-likeness (QED) is 0.487. The largest absolute Gasteiger partial charge is 0.534 e. The van der Waals surface area contributed by atoms with Crippen LogP contribution in [0.5, 0.6) is 5.75 Å². The average Bonchev–Trinajstić information content (AvgIpc) is 2.25. The monoisotopic (exact) mass is 312 g/mol. The van der Waals surface area contributed by atoms with Gasteiger partial charge in [-0.2, -0.15) is 21.6 Å². The number of alkyl halides is 3. The van der Waals surface area contributed by atoms with Gasteiger partial charge in [-0.25, -0.2) is 4.79 Å². The zero-order chi connectivity index (χ0) is 15.7. The van der Waals surface area contributed by atoms with E-state index in [-0.39, 0.29) is 11.1 Å². The molecule has 20 heavy (non-hydrogen) atoms. The number of carbonyl (C=O) groups excluding carboxylic acids is 1. The molecule has 1 aromatic carbocycles. The van der Waals surface area contributed by atoms with E-state index in [4.69, 9.17) is 0 Å². The van der Waals surface area contributed by atoms with Gasteiger partial charge in [-0.3, -0.25) is 0 Å². The molecule has 0 spiro atoms. The maximum atomic E-state index is 12.3. The Morgan fingerprint density at radius 3 is 2.20 bits per heavy atom. The highest BCUT2D eigenvalue weighted by molar-refractivity contribution is 7.88. The lowest BCUT2D eigenvalue weighted by molar-refractivity contribution is -0.0500. The first-order chi connectivity index (χ1) is 8.99. The first kappa shape index (κ1) is 16.3. The van der Waals surface area contributed by atoms with Gasteiger partial charge < -0.3 is 8.92 Å². The summed E-state index contributed by atoms with van der Waals surface area (Å²) in [5, 5.41) is 0. The molecule has 0 fully saturated rings. The van der Waals surface area contributed by atoms with Gasteiger partial charge in [0.15, 0.2) is 5.75 Å². The molecule has 0 radical (unpaired) electrons. The zero-order valence-corrected chi connectivity index (χ0v) is 11.6. The number of rotatable bonds is 3. The van der Waals surface area contributed by atoms with E-state index in [1.807, 2.05) is 0 Å². The summed E-state index contributed by atoms with van der Waals surface area (Å²) < 4.78 is 67.4. The lowest BCUT2D eigenvalue weighted by Crippen LogP contribution is -2.28. The molecule has 0 unspecified atom stereocenters. The molecule has 0 bridgehead atoms. The van der Waals surface area contributed by atoms with Gasteiger partial charge in [0.05, 0.1) is 7.11 Å². The van der Waals surface area contributed by atoms with E-state index in [1.54, 1.807) is 0 Å². The Morgan fingerprint density at radius 2 is 1.75 bits per heavy atom. The molecule has 9 heteroatoms. The van der Waals surface area contributed by atoms with Crippen molar-refractivity contribution in [2.45, 2.75) is 19.4 Å². The van der Waals surface area contributed by atoms with Gasteiger partial charge >= 0.3 is 21.6 Å². The Morgan fingerprint density at radius 1 is 1.20 bits per heavy atom. The number of methoxy groups -OCH3 is 1. The molecule has 0 saturated carbocycles. The third-order valence-electron chi connectivity index (χ3n) is 2.32. The number of aryl methyl sites for hydroxylation is 2. The van der Waals surface area contributed by atoms with Gasteiger partial charge in [0.25, 0.3) is 0 Å². The van der Waals surface area contributed by atoms with Crippen LogP contribution in [-0.2, 0) is 14.9 Å². The summed E-state index contributed by atoms with van der Waals surface area (Å²) >= 11 is 0. The summed E-state index contributed by atoms with van der Waals surface area (Å²) in [7, 11) is -4.84. The van der Waals surface area contributed by atoms with E-state index in [0.29, 0.717) is 5.56 Å². The van der Waals surface area contributed by atoms with Gasteiger partial charge in [0, 0.05) is 0 Å². The minimum Gasteiger partial charge on any atom is -0.465 e. The van der Waals surface area contributed by atoms with Crippen LogP contribution < -0.4 is 4.18 Å². The molecule has 0 atom stereocenters. The zero-order valence-electron chi connectivity index (χ0n) is 10.7. The van der Waals surface area contributed by atoms with Crippen LogP contribution in [0.1, 0.15) is 21.5 Å². The molecule has 0 aromatic heterocycles. The predicted octanol–water partition coefficient (Wildman–Crippen LogP) is 2.32. The lowest BCUT2D eigenvalue weighted by atomic mass is 10.0. The van der Waals surface area contributed by atoms with Crippen LogP contribution >= 0.6 is 0 Å².